The Morgan fingerprint density at radius 3 is 2.27 bits per heavy atom. The van der Waals surface area contributed by atoms with E-state index in [1.54, 1.807) is 21.3 Å². The summed E-state index contributed by atoms with van der Waals surface area (Å²) in [6, 6.07) is 5.89. The van der Waals surface area contributed by atoms with Crippen molar-refractivity contribution in [2.45, 2.75) is 99.3 Å². The number of allylic oxidation sites excluding steroid dienone is 2. The van der Waals surface area contributed by atoms with E-state index < -0.39 is 5.41 Å². The van der Waals surface area contributed by atoms with Crippen LogP contribution in [-0.2, 0) is 14.3 Å². The predicted octanol–water partition coefficient (Wildman–Crippen LogP) is 9.10. The molecule has 0 saturated heterocycles. The summed E-state index contributed by atoms with van der Waals surface area (Å²) in [6.45, 7) is 18.7. The molecular formula is C40H56O5. The standard InChI is InChI=1S/C40H56O5/c1-24(2)27-16-19-40(35(42)45-10)21-20-38(6)28(32(27)40)14-15-31-37(5)23-26(22-25-12-11-13-29(43-8)33(25)44-9)34(41)36(3,4)30(37)17-18-39(31,38)7/h11-13,22,27-28,30-32H,1,14-21,23H2,2-10H3/b26-22+/t27-,28+,30+,31+,32-,37-,38+,39+,40-/m0/s1. The van der Waals surface area contributed by atoms with Crippen LogP contribution < -0.4 is 9.47 Å². The largest absolute Gasteiger partial charge is 0.493 e. The van der Waals surface area contributed by atoms with Crippen molar-refractivity contribution in [1.29, 1.82) is 0 Å². The van der Waals surface area contributed by atoms with Crippen LogP contribution in [0.5, 0.6) is 11.5 Å². The van der Waals surface area contributed by atoms with Crippen LogP contribution in [-0.4, -0.2) is 33.1 Å². The van der Waals surface area contributed by atoms with Gasteiger partial charge in [0, 0.05) is 11.0 Å². The summed E-state index contributed by atoms with van der Waals surface area (Å²) in [5.74, 6) is 3.58. The number of fused-ring (bicyclic) bond motifs is 7. The molecular weight excluding hydrogens is 560 g/mol. The van der Waals surface area contributed by atoms with E-state index in [1.807, 2.05) is 18.2 Å². The molecule has 5 heteroatoms. The Morgan fingerprint density at radius 2 is 1.62 bits per heavy atom. The highest BCUT2D eigenvalue weighted by molar-refractivity contribution is 6.04. The van der Waals surface area contributed by atoms with Gasteiger partial charge in [-0.3, -0.25) is 9.59 Å². The van der Waals surface area contributed by atoms with E-state index in [9.17, 15) is 9.59 Å². The van der Waals surface area contributed by atoms with Crippen molar-refractivity contribution in [1.82, 2.24) is 0 Å². The number of ether oxygens (including phenoxy) is 3. The van der Waals surface area contributed by atoms with Gasteiger partial charge in [0.1, 0.15) is 0 Å². The minimum Gasteiger partial charge on any atom is -0.493 e. The van der Waals surface area contributed by atoms with Crippen molar-refractivity contribution in [3.8, 4) is 11.5 Å². The van der Waals surface area contributed by atoms with Crippen LogP contribution in [0.1, 0.15) is 105 Å². The lowest BCUT2D eigenvalue weighted by Crippen LogP contribution is -2.67. The monoisotopic (exact) mass is 616 g/mol. The van der Waals surface area contributed by atoms with E-state index in [-0.39, 0.29) is 33.4 Å². The molecule has 6 rings (SSSR count). The van der Waals surface area contributed by atoms with Gasteiger partial charge in [0.2, 0.25) is 0 Å². The highest BCUT2D eigenvalue weighted by Crippen LogP contribution is 2.77. The van der Waals surface area contributed by atoms with Gasteiger partial charge in [-0.05, 0) is 128 Å². The maximum Gasteiger partial charge on any atom is 0.312 e. The molecule has 5 fully saturated rings. The molecule has 0 radical (unpaired) electrons. The van der Waals surface area contributed by atoms with Gasteiger partial charge in [-0.1, -0.05) is 58.9 Å². The molecule has 0 N–H and O–H groups in total. The number of hydrogen-bond donors (Lipinski definition) is 0. The van der Waals surface area contributed by atoms with E-state index in [2.05, 4.69) is 54.2 Å². The van der Waals surface area contributed by atoms with E-state index in [4.69, 9.17) is 14.2 Å². The van der Waals surface area contributed by atoms with Crippen LogP contribution in [0.2, 0.25) is 0 Å². The Balaban J connectivity index is 1.42. The van der Waals surface area contributed by atoms with Gasteiger partial charge in [-0.25, -0.2) is 0 Å². The normalized spacial score (nSPS) is 42.6. The molecule has 0 aromatic heterocycles. The fourth-order valence-corrected chi connectivity index (χ4v) is 12.9. The number of methoxy groups -OCH3 is 3. The Labute approximate surface area is 271 Å². The molecule has 1 aromatic rings. The van der Waals surface area contributed by atoms with Gasteiger partial charge in [0.25, 0.3) is 0 Å². The number of para-hydroxylation sites is 1. The second-order valence-electron chi connectivity index (χ2n) is 16.8. The molecule has 0 amide bonds. The fourth-order valence-electron chi connectivity index (χ4n) is 12.9. The third-order valence-electron chi connectivity index (χ3n) is 15.0. The Morgan fingerprint density at radius 1 is 0.889 bits per heavy atom. The number of benzene rings is 1. The molecule has 0 heterocycles. The maximum atomic E-state index is 14.3. The molecule has 0 unspecified atom stereocenters. The number of carbonyl (C=O) groups is 2. The third-order valence-corrected chi connectivity index (χ3v) is 15.0. The number of rotatable bonds is 5. The van der Waals surface area contributed by atoms with Crippen molar-refractivity contribution >= 4 is 17.8 Å². The summed E-state index contributed by atoms with van der Waals surface area (Å²) < 4.78 is 16.9. The predicted molar refractivity (Wildman–Crippen MR) is 179 cm³/mol. The summed E-state index contributed by atoms with van der Waals surface area (Å²) in [5, 5.41) is 0. The molecule has 0 bridgehead atoms. The van der Waals surface area contributed by atoms with Gasteiger partial charge < -0.3 is 14.2 Å². The van der Waals surface area contributed by atoms with Crippen LogP contribution >= 0.6 is 0 Å². The zero-order valence-corrected chi connectivity index (χ0v) is 29.3. The molecule has 9 atom stereocenters. The Bertz CT molecular complexity index is 1440. The number of Topliss-reactive ketones (excluding diaryl/α,β-unsaturated/α-hetero) is 1. The smallest absolute Gasteiger partial charge is 0.312 e. The topological polar surface area (TPSA) is 61.8 Å². The van der Waals surface area contributed by atoms with Crippen LogP contribution in [0.4, 0.5) is 0 Å². The lowest BCUT2D eigenvalue weighted by atomic mass is 9.32. The second kappa shape index (κ2) is 10.7. The highest BCUT2D eigenvalue weighted by Gasteiger charge is 2.72. The van der Waals surface area contributed by atoms with Crippen LogP contribution in [0.25, 0.3) is 6.08 Å². The first-order chi connectivity index (χ1) is 21.2. The minimum absolute atomic E-state index is 0.0107. The molecule has 45 heavy (non-hydrogen) atoms. The quantitative estimate of drug-likeness (QED) is 0.188. The third kappa shape index (κ3) is 4.23. The maximum absolute atomic E-state index is 14.3. The minimum atomic E-state index is -0.451. The van der Waals surface area contributed by atoms with Crippen molar-refractivity contribution < 1.29 is 23.8 Å². The van der Waals surface area contributed by atoms with Crippen molar-refractivity contribution in [3.05, 3.63) is 41.5 Å². The van der Waals surface area contributed by atoms with Gasteiger partial charge >= 0.3 is 5.97 Å². The molecule has 246 valence electrons. The van der Waals surface area contributed by atoms with Crippen LogP contribution in [0.3, 0.4) is 0 Å². The van der Waals surface area contributed by atoms with E-state index in [0.717, 1.165) is 68.9 Å². The zero-order valence-electron chi connectivity index (χ0n) is 29.3. The SMILES string of the molecule is C=C(C)[C@@H]1CC[C@]2(C(=O)OC)CC[C@]3(C)[C@H](CC[C@@H]4[C@@]5(C)C/C(=C\c6cccc(OC)c6OC)C(=O)C(C)(C)[C@H]5CC[C@]43C)[C@H]12. The molecule has 5 aliphatic rings. The summed E-state index contributed by atoms with van der Waals surface area (Å²) in [7, 11) is 4.89. The molecule has 0 aliphatic heterocycles. The van der Waals surface area contributed by atoms with Gasteiger partial charge in [-0.15, -0.1) is 0 Å². The zero-order chi connectivity index (χ0) is 32.7. The average Bonchev–Trinajstić information content (AvgIpc) is 3.41. The average molecular weight is 617 g/mol. The summed E-state index contributed by atoms with van der Waals surface area (Å²) >= 11 is 0. The molecule has 5 nitrogen and oxygen atoms in total. The Kier molecular flexibility index (Phi) is 7.73. The summed E-state index contributed by atoms with van der Waals surface area (Å²) in [5.41, 5.74) is 2.41. The molecule has 0 spiro atoms. The number of carbonyl (C=O) groups excluding carboxylic acids is 2. The number of hydrogen-bond acceptors (Lipinski definition) is 5. The van der Waals surface area contributed by atoms with Crippen LogP contribution in [0.15, 0.2) is 35.9 Å². The summed E-state index contributed by atoms with van der Waals surface area (Å²) in [4.78, 5) is 27.9. The van der Waals surface area contributed by atoms with Gasteiger partial charge in [0.05, 0.1) is 26.7 Å². The highest BCUT2D eigenvalue weighted by atomic mass is 16.5. The van der Waals surface area contributed by atoms with E-state index in [0.29, 0.717) is 41.1 Å². The van der Waals surface area contributed by atoms with Crippen molar-refractivity contribution in [3.63, 3.8) is 0 Å². The first-order valence-electron chi connectivity index (χ1n) is 17.4. The lowest BCUT2D eigenvalue weighted by Gasteiger charge is -2.72. The molecule has 1 aromatic carbocycles. The molecule has 5 aliphatic carbocycles. The first-order valence-corrected chi connectivity index (χ1v) is 17.4. The lowest BCUT2D eigenvalue weighted by molar-refractivity contribution is -0.232. The van der Waals surface area contributed by atoms with Gasteiger partial charge in [-0.2, -0.15) is 0 Å². The number of ketones is 1. The van der Waals surface area contributed by atoms with Crippen molar-refractivity contribution in [2.24, 2.45) is 56.7 Å². The Hall–Kier alpha value is -2.56. The van der Waals surface area contributed by atoms with E-state index in [1.165, 1.54) is 5.57 Å². The molecule has 5 saturated carbocycles. The van der Waals surface area contributed by atoms with Gasteiger partial charge in [0.15, 0.2) is 17.3 Å². The summed E-state index contributed by atoms with van der Waals surface area (Å²) in [6.07, 6.45) is 11.3. The van der Waals surface area contributed by atoms with E-state index >= 15 is 0 Å². The van der Waals surface area contributed by atoms with Crippen LogP contribution in [0, 0.1) is 56.7 Å². The fraction of sp³-hybridized carbons (Fsp3) is 0.700. The first kappa shape index (κ1) is 32.4. The second-order valence-corrected chi connectivity index (χ2v) is 16.8. The van der Waals surface area contributed by atoms with Crippen molar-refractivity contribution in [2.75, 3.05) is 21.3 Å². The number of esters is 1.